The Bertz CT molecular complexity index is 400. The van der Waals surface area contributed by atoms with Gasteiger partial charge in [0.05, 0.1) is 5.69 Å². The van der Waals surface area contributed by atoms with E-state index in [0.29, 0.717) is 17.5 Å². The highest BCUT2D eigenvalue weighted by Gasteiger charge is 2.08. The predicted octanol–water partition coefficient (Wildman–Crippen LogP) is 0.142. The summed E-state index contributed by atoms with van der Waals surface area (Å²) in [5.41, 5.74) is 17.2. The average Bonchev–Trinajstić information content (AvgIpc) is 2.41. The molecule has 2 aromatic rings. The van der Waals surface area contributed by atoms with Gasteiger partial charge in [-0.1, -0.05) is 0 Å². The topological polar surface area (TPSA) is 95.4 Å². The molecule has 0 aliphatic rings. The average molecular weight is 169 g/mol. The summed E-state index contributed by atoms with van der Waals surface area (Å²) in [6.07, 6.45) is 0. The molecule has 0 bridgehead atoms. The van der Waals surface area contributed by atoms with Gasteiger partial charge in [0.15, 0.2) is 0 Å². The molecule has 0 amide bonds. The largest absolute Gasteiger partial charge is 0.396 e. The normalized spacial score (nSPS) is 10.9. The molecule has 0 radical (unpaired) electrons. The Morgan fingerprint density at radius 3 is 2.73 bits per heavy atom. The molecule has 6 N–H and O–H groups in total. The van der Waals surface area contributed by atoms with Crippen LogP contribution in [0, 0.1) is 0 Å². The Hall–Kier alpha value is -1.43. The number of aromatic nitrogens is 2. The van der Waals surface area contributed by atoms with Crippen molar-refractivity contribution < 1.29 is 0 Å². The van der Waals surface area contributed by atoms with Crippen molar-refractivity contribution in [2.24, 2.45) is 0 Å². The molecule has 0 aromatic carbocycles. The lowest BCUT2D eigenvalue weighted by Gasteiger charge is -1.92. The van der Waals surface area contributed by atoms with Gasteiger partial charge in [0, 0.05) is 6.07 Å². The molecule has 0 unspecified atom stereocenters. The zero-order valence-corrected chi connectivity index (χ0v) is 6.43. The van der Waals surface area contributed by atoms with Crippen LogP contribution in [-0.2, 0) is 0 Å². The van der Waals surface area contributed by atoms with Crippen LogP contribution in [0.15, 0.2) is 6.07 Å². The number of nitrogen functional groups attached to an aromatic ring is 3. The van der Waals surface area contributed by atoms with E-state index in [-0.39, 0.29) is 0 Å². The molecule has 0 aliphatic heterocycles. The van der Waals surface area contributed by atoms with Crippen LogP contribution in [0.25, 0.3) is 4.83 Å². The van der Waals surface area contributed by atoms with Crippen molar-refractivity contribution in [3.05, 3.63) is 6.07 Å². The van der Waals surface area contributed by atoms with Gasteiger partial charge in [0.1, 0.15) is 10.6 Å². The number of hydrogen-bond acceptors (Lipinski definition) is 5. The highest BCUT2D eigenvalue weighted by atomic mass is 32.1. The summed E-state index contributed by atoms with van der Waals surface area (Å²) in [6.45, 7) is 0. The lowest BCUT2D eigenvalue weighted by Crippen LogP contribution is -1.99. The first-order valence-corrected chi connectivity index (χ1v) is 3.75. The first-order chi connectivity index (χ1) is 5.20. The van der Waals surface area contributed by atoms with E-state index in [0.717, 1.165) is 4.83 Å². The van der Waals surface area contributed by atoms with Gasteiger partial charge in [0.2, 0.25) is 5.95 Å². The van der Waals surface area contributed by atoms with Gasteiger partial charge in [-0.2, -0.15) is 4.37 Å². The molecular formula is C5H7N5S. The maximum absolute atomic E-state index is 5.61. The molecule has 6 heteroatoms. The summed E-state index contributed by atoms with van der Waals surface area (Å²) in [6, 6.07) is 1.75. The van der Waals surface area contributed by atoms with E-state index in [4.69, 9.17) is 17.2 Å². The van der Waals surface area contributed by atoms with Crippen LogP contribution in [0.4, 0.5) is 17.5 Å². The smallest absolute Gasteiger partial charge is 0.218 e. The molecule has 0 saturated heterocycles. The maximum atomic E-state index is 5.61. The Kier molecular flexibility index (Phi) is 1.02. The van der Waals surface area contributed by atoms with Crippen LogP contribution >= 0.6 is 11.5 Å². The lowest BCUT2D eigenvalue weighted by molar-refractivity contribution is 1.21. The van der Waals surface area contributed by atoms with Crippen LogP contribution in [0.1, 0.15) is 0 Å². The molecule has 11 heavy (non-hydrogen) atoms. The molecule has 0 atom stereocenters. The summed E-state index contributed by atoms with van der Waals surface area (Å²) in [5, 5.41) is 0. The van der Waals surface area contributed by atoms with Gasteiger partial charge >= 0.3 is 0 Å². The van der Waals surface area contributed by atoms with Crippen molar-refractivity contribution in [2.75, 3.05) is 17.2 Å². The summed E-state index contributed by atoms with van der Waals surface area (Å²) >= 11 is 1.28. The van der Waals surface area contributed by atoms with Crippen LogP contribution in [0.2, 0.25) is 0 Å². The van der Waals surface area contributed by atoms with E-state index >= 15 is 0 Å². The van der Waals surface area contributed by atoms with Crippen LogP contribution in [-0.4, -0.2) is 8.77 Å². The summed E-state index contributed by atoms with van der Waals surface area (Å²) in [4.78, 5) is 0.873. The highest BCUT2D eigenvalue weighted by Crippen LogP contribution is 2.26. The maximum Gasteiger partial charge on any atom is 0.218 e. The van der Waals surface area contributed by atoms with Gasteiger partial charge < -0.3 is 17.2 Å². The summed E-state index contributed by atoms with van der Waals surface area (Å²) in [5.74, 6) is 0.852. The monoisotopic (exact) mass is 169 g/mol. The number of nitrogens with two attached hydrogens (primary N) is 3. The third-order valence-electron chi connectivity index (χ3n) is 1.50. The molecule has 2 rings (SSSR count). The molecular weight excluding hydrogens is 162 g/mol. The Balaban J connectivity index is 2.95. The molecule has 0 fully saturated rings. The second kappa shape index (κ2) is 1.79. The zero-order valence-electron chi connectivity index (χ0n) is 5.61. The molecule has 0 aliphatic carbocycles. The zero-order chi connectivity index (χ0) is 8.01. The van der Waals surface area contributed by atoms with Crippen LogP contribution in [0.3, 0.4) is 0 Å². The second-order valence-corrected chi connectivity index (χ2v) is 2.98. The molecule has 5 nitrogen and oxygen atoms in total. The third-order valence-corrected chi connectivity index (χ3v) is 2.26. The first kappa shape index (κ1) is 6.29. The SMILES string of the molecule is Nc1cc2snc(N)n2c1N. The van der Waals surface area contributed by atoms with E-state index in [2.05, 4.69) is 4.37 Å². The fraction of sp³-hybridized carbons (Fsp3) is 0. The Morgan fingerprint density at radius 2 is 2.09 bits per heavy atom. The highest BCUT2D eigenvalue weighted by molar-refractivity contribution is 7.12. The van der Waals surface area contributed by atoms with Gasteiger partial charge in [-0.3, -0.25) is 4.40 Å². The van der Waals surface area contributed by atoms with E-state index < -0.39 is 0 Å². The van der Waals surface area contributed by atoms with Crippen molar-refractivity contribution in [3.8, 4) is 0 Å². The second-order valence-electron chi connectivity index (χ2n) is 2.20. The minimum atomic E-state index is 0.388. The minimum Gasteiger partial charge on any atom is -0.396 e. The van der Waals surface area contributed by atoms with E-state index in [1.54, 1.807) is 10.5 Å². The van der Waals surface area contributed by atoms with Crippen molar-refractivity contribution in [1.82, 2.24) is 8.77 Å². The quantitative estimate of drug-likeness (QED) is 0.522. The van der Waals surface area contributed by atoms with Crippen molar-refractivity contribution in [1.29, 1.82) is 0 Å². The first-order valence-electron chi connectivity index (χ1n) is 2.97. The van der Waals surface area contributed by atoms with Crippen molar-refractivity contribution in [2.45, 2.75) is 0 Å². The molecule has 58 valence electrons. The fourth-order valence-corrected chi connectivity index (χ4v) is 1.68. The standard InChI is InChI=1S/C5H7N5S/c6-2-1-3-10(4(2)7)5(8)9-11-3/h1H,6-7H2,(H2,8,9). The van der Waals surface area contributed by atoms with Crippen LogP contribution in [0.5, 0.6) is 0 Å². The predicted molar refractivity (Wildman–Crippen MR) is 46.3 cm³/mol. The molecule has 2 aromatic heterocycles. The van der Waals surface area contributed by atoms with Gasteiger partial charge in [-0.25, -0.2) is 0 Å². The van der Waals surface area contributed by atoms with E-state index in [9.17, 15) is 0 Å². The summed E-state index contributed by atoms with van der Waals surface area (Å²) in [7, 11) is 0. The summed E-state index contributed by atoms with van der Waals surface area (Å²) < 4.78 is 5.53. The lowest BCUT2D eigenvalue weighted by atomic mass is 10.5. The van der Waals surface area contributed by atoms with Gasteiger partial charge in [0.25, 0.3) is 0 Å². The van der Waals surface area contributed by atoms with Crippen molar-refractivity contribution >= 4 is 33.8 Å². The number of anilines is 3. The van der Waals surface area contributed by atoms with E-state index in [1.807, 2.05) is 0 Å². The van der Waals surface area contributed by atoms with Gasteiger partial charge in [-0.05, 0) is 11.5 Å². The minimum absolute atomic E-state index is 0.388. The Morgan fingerprint density at radius 1 is 1.36 bits per heavy atom. The van der Waals surface area contributed by atoms with Gasteiger partial charge in [-0.15, -0.1) is 0 Å². The fourth-order valence-electron chi connectivity index (χ4n) is 0.957. The van der Waals surface area contributed by atoms with E-state index in [1.165, 1.54) is 11.5 Å². The van der Waals surface area contributed by atoms with Crippen molar-refractivity contribution in [3.63, 3.8) is 0 Å². The van der Waals surface area contributed by atoms with Crippen LogP contribution < -0.4 is 17.2 Å². The number of nitrogens with zero attached hydrogens (tertiary/aromatic N) is 2. The third kappa shape index (κ3) is 0.666. The number of fused-ring (bicyclic) bond motifs is 1. The Labute approximate surface area is 66.6 Å². The molecule has 0 saturated carbocycles. The number of hydrogen-bond donors (Lipinski definition) is 3. The number of rotatable bonds is 0. The molecule has 0 spiro atoms. The molecule has 2 heterocycles.